The first kappa shape index (κ1) is 59.8. The number of imidazole rings is 3. The first-order valence-electron chi connectivity index (χ1n) is 27.3. The molecule has 3 aromatic carbocycles. The van der Waals surface area contributed by atoms with Crippen LogP contribution < -0.4 is 16.0 Å². The fraction of sp³-hybridized carbons (Fsp3) is 0.448. The van der Waals surface area contributed by atoms with E-state index in [4.69, 9.17) is 9.47 Å². The van der Waals surface area contributed by atoms with Crippen LogP contribution in [-0.4, -0.2) is 146 Å². The number of hydrogen-bond acceptors (Lipinski definition) is 12. The molecule has 0 saturated carbocycles. The fourth-order valence-electron chi connectivity index (χ4n) is 9.49. The molecule has 9 rings (SSSR count). The third-order valence-electron chi connectivity index (χ3n) is 14.7. The third kappa shape index (κ3) is 18.4. The summed E-state index contributed by atoms with van der Waals surface area (Å²) < 4.78 is 42.6. The number of aryl methyl sites for hydroxylation is 5. The predicted molar refractivity (Wildman–Crippen MR) is 301 cm³/mol. The number of carbonyl (C=O) groups excluding carboxylic acids is 5. The van der Waals surface area contributed by atoms with E-state index in [0.717, 1.165) is 55.2 Å². The standard InChI is InChI=1S/C20H26N4O3.C19H26N4O3S.C19H24N4O3/c1-15-3-5-17(6-4-15)13-27-20(26)24-9-7-16(8-10-24)11-22-19(25)18-12-21-14-23(18)2;1-22-15-20-14-18(22)19(24)21-13-17-7-10-23(11-8-17)27(25,26)12-9-16-5-3-2-4-6-16;1-22-14-20-12-17(22)18(24)21-11-15-7-9-23(10-8-15)19(25)26-13-16-5-3-2-4-6-16/h3-6,12,14,16H,7-11,13H2,1-2H3,(H,22,25);2-6,14-15,17H,7-13H2,1H3,(H,21,24);2-6,12,14-15H,7-11,13H2,1H3,(H,21,24). The second-order valence-electron chi connectivity index (χ2n) is 20.6. The summed E-state index contributed by atoms with van der Waals surface area (Å²) in [6, 6.07) is 27.3. The van der Waals surface area contributed by atoms with Crippen LogP contribution in [0.5, 0.6) is 0 Å². The van der Waals surface area contributed by atoms with Crippen molar-refractivity contribution in [1.29, 1.82) is 0 Å². The van der Waals surface area contributed by atoms with E-state index in [2.05, 4.69) is 30.9 Å². The summed E-state index contributed by atoms with van der Waals surface area (Å²) in [5, 5.41) is 8.84. The number of ether oxygens (including phenoxy) is 2. The minimum atomic E-state index is -3.24. The van der Waals surface area contributed by atoms with E-state index in [1.165, 1.54) is 11.8 Å². The molecular formula is C58H76N12O9S. The fourth-order valence-corrected chi connectivity index (χ4v) is 11.0. The number of nitrogens with zero attached hydrogens (tertiary/aromatic N) is 9. The van der Waals surface area contributed by atoms with Crippen LogP contribution in [0.2, 0.25) is 0 Å². The highest BCUT2D eigenvalue weighted by atomic mass is 32.2. The average Bonchev–Trinajstić information content (AvgIpc) is 4.26. The van der Waals surface area contributed by atoms with Crippen molar-refractivity contribution in [1.82, 2.24) is 58.7 Å². The Morgan fingerprint density at radius 2 is 0.850 bits per heavy atom. The summed E-state index contributed by atoms with van der Waals surface area (Å²) in [7, 11) is 2.12. The smallest absolute Gasteiger partial charge is 0.410 e. The lowest BCUT2D eigenvalue weighted by Gasteiger charge is -2.31. The number of benzene rings is 3. The molecule has 0 radical (unpaired) electrons. The van der Waals surface area contributed by atoms with Gasteiger partial charge in [-0.05, 0) is 86.3 Å². The topological polar surface area (TPSA) is 237 Å². The van der Waals surface area contributed by atoms with E-state index < -0.39 is 10.0 Å². The van der Waals surface area contributed by atoms with Crippen LogP contribution in [0.4, 0.5) is 9.59 Å². The number of carbonyl (C=O) groups is 5. The van der Waals surface area contributed by atoms with Crippen molar-refractivity contribution < 1.29 is 41.9 Å². The predicted octanol–water partition coefficient (Wildman–Crippen LogP) is 6.14. The van der Waals surface area contributed by atoms with Crippen molar-refractivity contribution in [2.24, 2.45) is 38.9 Å². The number of piperidine rings is 3. The summed E-state index contributed by atoms with van der Waals surface area (Å²) in [4.78, 5) is 76.1. The quantitative estimate of drug-likeness (QED) is 0.0934. The highest BCUT2D eigenvalue weighted by Gasteiger charge is 2.29. The molecule has 22 heteroatoms. The number of aromatic nitrogens is 6. The molecule has 0 atom stereocenters. The number of likely N-dealkylation sites (tertiary alicyclic amines) is 2. The Balaban J connectivity index is 0.000000173. The Morgan fingerprint density at radius 1 is 0.500 bits per heavy atom. The average molecular weight is 1120 g/mol. The summed E-state index contributed by atoms with van der Waals surface area (Å²) in [5.74, 6) is 0.785. The van der Waals surface area contributed by atoms with Crippen molar-refractivity contribution in [3.8, 4) is 0 Å². The van der Waals surface area contributed by atoms with Gasteiger partial charge in [0.15, 0.2) is 0 Å². The van der Waals surface area contributed by atoms with E-state index in [9.17, 15) is 32.4 Å². The molecule has 3 aromatic heterocycles. The van der Waals surface area contributed by atoms with Crippen molar-refractivity contribution >= 4 is 39.9 Å². The van der Waals surface area contributed by atoms with Crippen LogP contribution in [0.25, 0.3) is 0 Å². The molecule has 3 aliphatic heterocycles. The molecule has 0 unspecified atom stereocenters. The van der Waals surface area contributed by atoms with Gasteiger partial charge < -0.3 is 48.9 Å². The molecule has 0 spiro atoms. The van der Waals surface area contributed by atoms with Gasteiger partial charge in [-0.15, -0.1) is 0 Å². The molecule has 0 aliphatic carbocycles. The van der Waals surface area contributed by atoms with E-state index >= 15 is 0 Å². The minimum absolute atomic E-state index is 0.116. The van der Waals surface area contributed by atoms with Gasteiger partial charge in [0, 0.05) is 80.0 Å². The summed E-state index contributed by atoms with van der Waals surface area (Å²) in [6.07, 6.45) is 14.4. The lowest BCUT2D eigenvalue weighted by Crippen LogP contribution is -2.42. The maximum absolute atomic E-state index is 12.6. The molecule has 428 valence electrons. The SMILES string of the molecule is Cc1ccc(COC(=O)N2CCC(CNC(=O)c3cncn3C)CC2)cc1.Cn1cncc1C(=O)NCC1CCN(C(=O)OCc2ccccc2)CC1.Cn1cncc1C(=O)NCC1CCN(S(=O)(=O)CCc2ccccc2)CC1. The summed E-state index contributed by atoms with van der Waals surface area (Å²) in [5.41, 5.74) is 5.81. The molecule has 80 heavy (non-hydrogen) atoms. The zero-order valence-electron chi connectivity index (χ0n) is 46.3. The number of nitrogens with one attached hydrogen (secondary N) is 3. The molecule has 6 aromatic rings. The van der Waals surface area contributed by atoms with Gasteiger partial charge in [0.2, 0.25) is 10.0 Å². The Bertz CT molecular complexity index is 3020. The molecule has 3 fully saturated rings. The molecule has 3 N–H and O–H groups in total. The molecule has 3 saturated heterocycles. The summed E-state index contributed by atoms with van der Waals surface area (Å²) >= 11 is 0. The minimum Gasteiger partial charge on any atom is -0.445 e. The molecular weight excluding hydrogens is 1040 g/mol. The van der Waals surface area contributed by atoms with Gasteiger partial charge in [0.25, 0.3) is 17.7 Å². The van der Waals surface area contributed by atoms with Gasteiger partial charge in [-0.1, -0.05) is 90.5 Å². The Morgan fingerprint density at radius 3 is 1.21 bits per heavy atom. The van der Waals surface area contributed by atoms with Crippen LogP contribution in [0.3, 0.4) is 0 Å². The normalized spacial score (nSPS) is 15.3. The molecule has 21 nitrogen and oxygen atoms in total. The van der Waals surface area contributed by atoms with E-state index in [-0.39, 0.29) is 35.7 Å². The van der Waals surface area contributed by atoms with Crippen molar-refractivity contribution in [3.63, 3.8) is 0 Å². The van der Waals surface area contributed by atoms with E-state index in [0.29, 0.717) is 113 Å². The van der Waals surface area contributed by atoms with E-state index in [1.54, 1.807) is 80.3 Å². The van der Waals surface area contributed by atoms with Gasteiger partial charge in [0.05, 0.1) is 43.3 Å². The van der Waals surface area contributed by atoms with Gasteiger partial charge in [-0.3, -0.25) is 14.4 Å². The third-order valence-corrected chi connectivity index (χ3v) is 16.6. The highest BCUT2D eigenvalue weighted by Crippen LogP contribution is 2.22. The van der Waals surface area contributed by atoms with Crippen LogP contribution in [0, 0.1) is 24.7 Å². The van der Waals surface area contributed by atoms with Crippen molar-refractivity contribution in [2.75, 3.05) is 64.7 Å². The largest absolute Gasteiger partial charge is 0.445 e. The Hall–Kier alpha value is -7.85. The zero-order chi connectivity index (χ0) is 56.9. The van der Waals surface area contributed by atoms with Crippen molar-refractivity contribution in [3.05, 3.63) is 162 Å². The van der Waals surface area contributed by atoms with Crippen molar-refractivity contribution in [2.45, 2.75) is 65.1 Å². The molecule has 3 aliphatic rings. The second kappa shape index (κ2) is 29.9. The lowest BCUT2D eigenvalue weighted by atomic mass is 9.97. The van der Waals surface area contributed by atoms with E-state index in [1.807, 2.05) is 91.9 Å². The highest BCUT2D eigenvalue weighted by molar-refractivity contribution is 7.89. The second-order valence-corrected chi connectivity index (χ2v) is 22.7. The molecule has 6 heterocycles. The first-order valence-corrected chi connectivity index (χ1v) is 28.9. The lowest BCUT2D eigenvalue weighted by molar-refractivity contribution is 0.0798. The molecule has 0 bridgehead atoms. The zero-order valence-corrected chi connectivity index (χ0v) is 47.1. The number of sulfonamides is 1. The molecule has 5 amide bonds. The van der Waals surface area contributed by atoms with Gasteiger partial charge in [0.1, 0.15) is 30.3 Å². The van der Waals surface area contributed by atoms with Crippen LogP contribution in [0.15, 0.2) is 123 Å². The van der Waals surface area contributed by atoms with Gasteiger partial charge in [-0.2, -0.15) is 0 Å². The number of rotatable bonds is 17. The number of hydrogen-bond donors (Lipinski definition) is 3. The van der Waals surface area contributed by atoms with Crippen LogP contribution in [0.1, 0.15) is 92.2 Å². The maximum Gasteiger partial charge on any atom is 0.410 e. The Labute approximate surface area is 469 Å². The number of amides is 5. The van der Waals surface area contributed by atoms with Crippen LogP contribution in [-0.2, 0) is 60.3 Å². The Kier molecular flexibility index (Phi) is 22.4. The van der Waals surface area contributed by atoms with Gasteiger partial charge >= 0.3 is 12.2 Å². The van der Waals surface area contributed by atoms with Gasteiger partial charge in [-0.25, -0.2) is 37.3 Å². The monoisotopic (exact) mass is 1120 g/mol. The maximum atomic E-state index is 12.6. The van der Waals surface area contributed by atoms with Crippen LogP contribution >= 0.6 is 0 Å². The first-order chi connectivity index (χ1) is 38.6. The summed E-state index contributed by atoms with van der Waals surface area (Å²) in [6.45, 7) is 8.03.